The van der Waals surface area contributed by atoms with E-state index < -0.39 is 0 Å². The number of aromatic nitrogens is 1. The van der Waals surface area contributed by atoms with Crippen LogP contribution in [0, 0.1) is 6.92 Å². The van der Waals surface area contributed by atoms with Gasteiger partial charge in [-0.05, 0) is 19.1 Å². The van der Waals surface area contributed by atoms with E-state index in [0.29, 0.717) is 27.9 Å². The van der Waals surface area contributed by atoms with Gasteiger partial charge in [-0.2, -0.15) is 0 Å². The molecule has 2 aromatic heterocycles. The quantitative estimate of drug-likeness (QED) is 0.754. The molecule has 2 aromatic rings. The van der Waals surface area contributed by atoms with Crippen LogP contribution >= 0.6 is 23.2 Å². The van der Waals surface area contributed by atoms with Gasteiger partial charge in [-0.15, -0.1) is 0 Å². The second kappa shape index (κ2) is 7.64. The van der Waals surface area contributed by atoms with Crippen LogP contribution in [0.1, 0.15) is 21.9 Å². The molecule has 1 aliphatic heterocycles. The predicted octanol–water partition coefficient (Wildman–Crippen LogP) is 3.40. The van der Waals surface area contributed by atoms with Crippen molar-refractivity contribution in [2.45, 2.75) is 13.5 Å². The molecule has 0 atom stereocenters. The van der Waals surface area contributed by atoms with Crippen molar-refractivity contribution in [1.29, 1.82) is 0 Å². The van der Waals surface area contributed by atoms with Crippen molar-refractivity contribution in [2.24, 2.45) is 0 Å². The fraction of sp³-hybridized carbons (Fsp3) is 0.412. The smallest absolute Gasteiger partial charge is 0.341 e. The maximum absolute atomic E-state index is 11.7. The lowest BCUT2D eigenvalue weighted by molar-refractivity contribution is 0.0599. The van der Waals surface area contributed by atoms with Gasteiger partial charge < -0.3 is 14.1 Å². The first kappa shape index (κ1) is 18.0. The number of hydrogen-bond donors (Lipinski definition) is 0. The highest BCUT2D eigenvalue weighted by Gasteiger charge is 2.22. The van der Waals surface area contributed by atoms with E-state index in [1.165, 1.54) is 7.11 Å². The van der Waals surface area contributed by atoms with Crippen LogP contribution < -0.4 is 4.90 Å². The number of halogens is 2. The average Bonchev–Trinajstić information content (AvgIpc) is 2.95. The van der Waals surface area contributed by atoms with Gasteiger partial charge in [0, 0.05) is 32.4 Å². The summed E-state index contributed by atoms with van der Waals surface area (Å²) in [4.78, 5) is 20.4. The number of aryl methyl sites for hydroxylation is 1. The number of methoxy groups -OCH3 is 1. The van der Waals surface area contributed by atoms with Gasteiger partial charge >= 0.3 is 5.97 Å². The Hall–Kier alpha value is -1.76. The van der Waals surface area contributed by atoms with Crippen molar-refractivity contribution in [3.05, 3.63) is 45.5 Å². The van der Waals surface area contributed by atoms with Crippen LogP contribution in [0.2, 0.25) is 10.0 Å². The fourth-order valence-corrected chi connectivity index (χ4v) is 3.41. The Balaban J connectivity index is 1.60. The number of pyridine rings is 1. The van der Waals surface area contributed by atoms with Crippen LogP contribution in [0.25, 0.3) is 0 Å². The first-order chi connectivity index (χ1) is 12.0. The normalized spacial score (nSPS) is 15.4. The van der Waals surface area contributed by atoms with Crippen molar-refractivity contribution >= 4 is 35.0 Å². The summed E-state index contributed by atoms with van der Waals surface area (Å²) >= 11 is 12.1. The van der Waals surface area contributed by atoms with E-state index in [4.69, 9.17) is 32.4 Å². The van der Waals surface area contributed by atoms with Crippen molar-refractivity contribution in [3.8, 4) is 0 Å². The van der Waals surface area contributed by atoms with Crippen LogP contribution in [0.3, 0.4) is 0 Å². The molecule has 25 heavy (non-hydrogen) atoms. The van der Waals surface area contributed by atoms with Crippen LogP contribution in [0.5, 0.6) is 0 Å². The van der Waals surface area contributed by atoms with Crippen LogP contribution in [-0.4, -0.2) is 49.1 Å². The third-order valence-electron chi connectivity index (χ3n) is 4.21. The summed E-state index contributed by atoms with van der Waals surface area (Å²) in [6, 6.07) is 3.46. The standard InChI is InChI=1S/C17H19Cl2N3O3/c1-11-14(17(23)24-2)8-13(25-11)10-21-3-5-22(6-4-21)16-15(19)7-12(18)9-20-16/h7-9H,3-6,10H2,1-2H3. The van der Waals surface area contributed by atoms with E-state index in [9.17, 15) is 4.79 Å². The van der Waals surface area contributed by atoms with E-state index in [1.54, 1.807) is 25.3 Å². The number of ether oxygens (including phenoxy) is 1. The second-order valence-electron chi connectivity index (χ2n) is 5.90. The van der Waals surface area contributed by atoms with Gasteiger partial charge in [0.2, 0.25) is 0 Å². The first-order valence-electron chi connectivity index (χ1n) is 7.94. The molecule has 3 heterocycles. The number of carbonyl (C=O) groups is 1. The highest BCUT2D eigenvalue weighted by atomic mass is 35.5. The molecular weight excluding hydrogens is 365 g/mol. The Morgan fingerprint density at radius 2 is 2.00 bits per heavy atom. The largest absolute Gasteiger partial charge is 0.465 e. The predicted molar refractivity (Wildman–Crippen MR) is 96.5 cm³/mol. The summed E-state index contributed by atoms with van der Waals surface area (Å²) in [7, 11) is 1.36. The number of esters is 1. The minimum absolute atomic E-state index is 0.374. The van der Waals surface area contributed by atoms with E-state index in [1.807, 2.05) is 0 Å². The van der Waals surface area contributed by atoms with Gasteiger partial charge in [0.1, 0.15) is 22.9 Å². The number of piperazine rings is 1. The Bertz CT molecular complexity index is 770. The molecule has 0 aromatic carbocycles. The van der Waals surface area contributed by atoms with Crippen molar-refractivity contribution < 1.29 is 13.9 Å². The summed E-state index contributed by atoms with van der Waals surface area (Å²) < 4.78 is 10.4. The molecule has 0 radical (unpaired) electrons. The summed E-state index contributed by atoms with van der Waals surface area (Å²) in [6.07, 6.45) is 1.61. The summed E-state index contributed by atoms with van der Waals surface area (Å²) in [6.45, 7) is 5.70. The molecule has 0 N–H and O–H groups in total. The van der Waals surface area contributed by atoms with Gasteiger partial charge in [-0.3, -0.25) is 4.90 Å². The van der Waals surface area contributed by atoms with Gasteiger partial charge in [-0.1, -0.05) is 23.2 Å². The molecule has 1 aliphatic rings. The zero-order valence-corrected chi connectivity index (χ0v) is 15.6. The zero-order chi connectivity index (χ0) is 18.0. The number of rotatable bonds is 4. The third-order valence-corrected chi connectivity index (χ3v) is 4.70. The summed E-state index contributed by atoms with van der Waals surface area (Å²) in [5.41, 5.74) is 0.480. The van der Waals surface area contributed by atoms with Crippen molar-refractivity contribution in [2.75, 3.05) is 38.2 Å². The second-order valence-corrected chi connectivity index (χ2v) is 6.74. The number of carbonyl (C=O) groups excluding carboxylic acids is 1. The highest BCUT2D eigenvalue weighted by Crippen LogP contribution is 2.27. The number of anilines is 1. The van der Waals surface area contributed by atoms with Crippen molar-refractivity contribution in [1.82, 2.24) is 9.88 Å². The SMILES string of the molecule is COC(=O)c1cc(CN2CCN(c3ncc(Cl)cc3Cl)CC2)oc1C. The average molecular weight is 384 g/mol. The summed E-state index contributed by atoms with van der Waals surface area (Å²) in [5.74, 6) is 1.72. The zero-order valence-electron chi connectivity index (χ0n) is 14.1. The van der Waals surface area contributed by atoms with Gasteiger partial charge in [-0.25, -0.2) is 9.78 Å². The lowest BCUT2D eigenvalue weighted by Crippen LogP contribution is -2.46. The lowest BCUT2D eigenvalue weighted by atomic mass is 10.2. The van der Waals surface area contributed by atoms with Crippen LogP contribution in [-0.2, 0) is 11.3 Å². The molecule has 0 spiro atoms. The van der Waals surface area contributed by atoms with Crippen LogP contribution in [0.15, 0.2) is 22.7 Å². The highest BCUT2D eigenvalue weighted by molar-refractivity contribution is 6.36. The van der Waals surface area contributed by atoms with Gasteiger partial charge in [0.15, 0.2) is 0 Å². The monoisotopic (exact) mass is 383 g/mol. The van der Waals surface area contributed by atoms with Gasteiger partial charge in [0.05, 0.1) is 23.7 Å². The van der Waals surface area contributed by atoms with E-state index in [-0.39, 0.29) is 5.97 Å². The summed E-state index contributed by atoms with van der Waals surface area (Å²) in [5, 5.41) is 1.09. The molecule has 0 saturated carbocycles. The molecule has 134 valence electrons. The van der Waals surface area contributed by atoms with Crippen LogP contribution in [0.4, 0.5) is 5.82 Å². The number of nitrogens with zero attached hydrogens (tertiary/aromatic N) is 3. The third kappa shape index (κ3) is 4.08. The molecule has 0 aliphatic carbocycles. The number of furan rings is 1. The van der Waals surface area contributed by atoms with E-state index in [2.05, 4.69) is 14.8 Å². The topological polar surface area (TPSA) is 58.8 Å². The lowest BCUT2D eigenvalue weighted by Gasteiger charge is -2.35. The molecule has 8 heteroatoms. The molecule has 1 saturated heterocycles. The Morgan fingerprint density at radius 1 is 1.28 bits per heavy atom. The maximum Gasteiger partial charge on any atom is 0.341 e. The van der Waals surface area contributed by atoms with Crippen molar-refractivity contribution in [3.63, 3.8) is 0 Å². The molecule has 0 bridgehead atoms. The Morgan fingerprint density at radius 3 is 2.64 bits per heavy atom. The maximum atomic E-state index is 11.7. The molecular formula is C17H19Cl2N3O3. The molecule has 3 rings (SSSR count). The van der Waals surface area contributed by atoms with E-state index >= 15 is 0 Å². The van der Waals surface area contributed by atoms with E-state index in [0.717, 1.165) is 37.8 Å². The minimum atomic E-state index is -0.374. The molecule has 0 unspecified atom stereocenters. The molecule has 0 amide bonds. The Labute approximate surface area is 156 Å². The minimum Gasteiger partial charge on any atom is -0.465 e. The number of hydrogen-bond acceptors (Lipinski definition) is 6. The molecule has 6 nitrogen and oxygen atoms in total. The molecule has 1 fully saturated rings. The van der Waals surface area contributed by atoms with Gasteiger partial charge in [0.25, 0.3) is 0 Å². The fourth-order valence-electron chi connectivity index (χ4n) is 2.91. The first-order valence-corrected chi connectivity index (χ1v) is 8.69. The Kier molecular flexibility index (Phi) is 5.51.